The molecule has 0 unspecified atom stereocenters. The number of anilines is 1. The predicted molar refractivity (Wildman–Crippen MR) is 65.3 cm³/mol. The first-order valence-corrected chi connectivity index (χ1v) is 5.78. The molecule has 0 spiro atoms. The molecule has 112 valence electrons. The van der Waals surface area contributed by atoms with Gasteiger partial charge in [-0.25, -0.2) is 4.98 Å². The number of alkyl halides is 3. The van der Waals surface area contributed by atoms with Gasteiger partial charge in [-0.3, -0.25) is 14.3 Å². The average Bonchev–Trinajstić information content (AvgIpc) is 2.91. The van der Waals surface area contributed by atoms with E-state index in [9.17, 15) is 22.8 Å². The number of aromatic amines is 1. The first-order valence-electron chi connectivity index (χ1n) is 5.78. The van der Waals surface area contributed by atoms with Crippen LogP contribution in [0.25, 0.3) is 0 Å². The molecule has 2 N–H and O–H groups in total. The Morgan fingerprint density at radius 1 is 1.43 bits per heavy atom. The summed E-state index contributed by atoms with van der Waals surface area (Å²) >= 11 is 0. The van der Waals surface area contributed by atoms with Gasteiger partial charge in [-0.1, -0.05) is 0 Å². The highest BCUT2D eigenvalue weighted by Crippen LogP contribution is 2.29. The number of amides is 1. The first-order chi connectivity index (χ1) is 9.86. The number of hydrogen-bond acceptors (Lipinski definition) is 4. The summed E-state index contributed by atoms with van der Waals surface area (Å²) in [5, 5.41) is 5.91. The van der Waals surface area contributed by atoms with Crippen LogP contribution in [-0.2, 0) is 17.5 Å². The highest BCUT2D eigenvalue weighted by molar-refractivity contribution is 5.90. The highest BCUT2D eigenvalue weighted by Gasteiger charge is 2.31. The van der Waals surface area contributed by atoms with E-state index in [2.05, 4.69) is 15.4 Å². The fraction of sp³-hybridized carbons (Fsp3) is 0.273. The zero-order valence-corrected chi connectivity index (χ0v) is 10.5. The zero-order chi connectivity index (χ0) is 15.5. The van der Waals surface area contributed by atoms with Gasteiger partial charge < -0.3 is 10.3 Å². The quantitative estimate of drug-likeness (QED) is 0.881. The molecule has 0 saturated carbocycles. The monoisotopic (exact) mass is 301 g/mol. The summed E-state index contributed by atoms with van der Waals surface area (Å²) in [6.45, 7) is 0.197. The normalized spacial score (nSPS) is 11.4. The van der Waals surface area contributed by atoms with Crippen molar-refractivity contribution >= 4 is 11.6 Å². The van der Waals surface area contributed by atoms with Crippen molar-refractivity contribution in [1.29, 1.82) is 0 Å². The van der Waals surface area contributed by atoms with Crippen LogP contribution < -0.4 is 10.9 Å². The number of carbonyl (C=O) groups excluding carboxylic acids is 1. The Bertz CT molecular complexity index is 678. The number of aromatic nitrogens is 4. The topological polar surface area (TPSA) is 92.7 Å². The Labute approximate surface area is 115 Å². The Hall–Kier alpha value is -2.65. The lowest BCUT2D eigenvalue weighted by Gasteiger charge is -2.09. The molecule has 0 atom stereocenters. The molecule has 0 bridgehead atoms. The Morgan fingerprint density at radius 2 is 2.19 bits per heavy atom. The minimum absolute atomic E-state index is 0.0565. The summed E-state index contributed by atoms with van der Waals surface area (Å²) in [4.78, 5) is 28.6. The lowest BCUT2D eigenvalue weighted by Crippen LogP contribution is -2.22. The second-order valence-electron chi connectivity index (χ2n) is 4.09. The summed E-state index contributed by atoms with van der Waals surface area (Å²) < 4.78 is 38.9. The van der Waals surface area contributed by atoms with E-state index in [0.29, 0.717) is 12.3 Å². The van der Waals surface area contributed by atoms with Crippen molar-refractivity contribution in [2.24, 2.45) is 0 Å². The minimum Gasteiger partial charge on any atom is -0.327 e. The number of pyridine rings is 1. The molecular weight excluding hydrogens is 291 g/mol. The number of hydrogen-bond donors (Lipinski definition) is 2. The Balaban J connectivity index is 2.04. The molecule has 7 nitrogen and oxygen atoms in total. The summed E-state index contributed by atoms with van der Waals surface area (Å²) in [5.41, 5.74) is -2.31. The molecule has 0 fully saturated rings. The third-order valence-corrected chi connectivity index (χ3v) is 2.54. The van der Waals surface area contributed by atoms with Crippen LogP contribution in [0, 0.1) is 0 Å². The molecule has 2 aromatic heterocycles. The lowest BCUT2D eigenvalue weighted by atomic mass is 10.2. The number of rotatable bonds is 4. The standard InChI is InChI=1S/C11H10F3N5O2/c12-11(13,14)7-3-8(10(21)16-4-7)18-9(20)1-2-19-6-15-5-17-19/h3-6H,1-2H2,(H,16,21)(H,18,20). The number of aryl methyl sites for hydroxylation is 1. The van der Waals surface area contributed by atoms with Crippen molar-refractivity contribution in [2.45, 2.75) is 19.1 Å². The SMILES string of the molecule is O=C(CCn1cncn1)Nc1cc(C(F)(F)F)c[nH]c1=O. The average molecular weight is 301 g/mol. The second kappa shape index (κ2) is 5.77. The van der Waals surface area contributed by atoms with Gasteiger partial charge in [0.15, 0.2) is 0 Å². The third-order valence-electron chi connectivity index (χ3n) is 2.54. The predicted octanol–water partition coefficient (Wildman–Crippen LogP) is 1.01. The summed E-state index contributed by atoms with van der Waals surface area (Å²) in [6.07, 6.45) is -1.43. The third kappa shape index (κ3) is 3.91. The van der Waals surface area contributed by atoms with Gasteiger partial charge in [-0.15, -0.1) is 0 Å². The van der Waals surface area contributed by atoms with Gasteiger partial charge in [0, 0.05) is 12.6 Å². The van der Waals surface area contributed by atoms with Crippen molar-refractivity contribution in [3.05, 3.63) is 40.8 Å². The van der Waals surface area contributed by atoms with Crippen molar-refractivity contribution in [2.75, 3.05) is 5.32 Å². The molecule has 2 heterocycles. The van der Waals surface area contributed by atoms with Crippen LogP contribution >= 0.6 is 0 Å². The lowest BCUT2D eigenvalue weighted by molar-refractivity contribution is -0.137. The van der Waals surface area contributed by atoms with Gasteiger partial charge in [0.2, 0.25) is 5.91 Å². The van der Waals surface area contributed by atoms with E-state index < -0.39 is 28.9 Å². The fourth-order valence-corrected chi connectivity index (χ4v) is 1.52. The number of H-pyrrole nitrogens is 1. The van der Waals surface area contributed by atoms with Crippen LogP contribution in [0.3, 0.4) is 0 Å². The van der Waals surface area contributed by atoms with Gasteiger partial charge in [-0.2, -0.15) is 18.3 Å². The van der Waals surface area contributed by atoms with E-state index in [1.807, 2.05) is 4.98 Å². The van der Waals surface area contributed by atoms with E-state index >= 15 is 0 Å². The van der Waals surface area contributed by atoms with Crippen LogP contribution in [0.4, 0.5) is 18.9 Å². The van der Waals surface area contributed by atoms with Gasteiger partial charge in [-0.05, 0) is 6.07 Å². The molecule has 10 heteroatoms. The van der Waals surface area contributed by atoms with Crippen molar-refractivity contribution < 1.29 is 18.0 Å². The van der Waals surface area contributed by atoms with E-state index in [4.69, 9.17) is 0 Å². The fourth-order valence-electron chi connectivity index (χ4n) is 1.52. The molecule has 0 aliphatic heterocycles. The minimum atomic E-state index is -4.61. The first kappa shape index (κ1) is 14.8. The maximum Gasteiger partial charge on any atom is 0.417 e. The van der Waals surface area contributed by atoms with Crippen molar-refractivity contribution in [3.63, 3.8) is 0 Å². The molecule has 1 amide bonds. The number of carbonyl (C=O) groups is 1. The molecule has 21 heavy (non-hydrogen) atoms. The van der Waals surface area contributed by atoms with Crippen molar-refractivity contribution in [1.82, 2.24) is 19.7 Å². The maximum atomic E-state index is 12.5. The molecular formula is C11H10F3N5O2. The van der Waals surface area contributed by atoms with Crippen LogP contribution in [-0.4, -0.2) is 25.7 Å². The molecule has 0 saturated heterocycles. The molecule has 0 aromatic carbocycles. The smallest absolute Gasteiger partial charge is 0.327 e. The van der Waals surface area contributed by atoms with Crippen LogP contribution in [0.1, 0.15) is 12.0 Å². The van der Waals surface area contributed by atoms with Gasteiger partial charge in [0.25, 0.3) is 5.56 Å². The number of halogens is 3. The van der Waals surface area contributed by atoms with Gasteiger partial charge >= 0.3 is 6.18 Å². The second-order valence-corrected chi connectivity index (χ2v) is 4.09. The van der Waals surface area contributed by atoms with Gasteiger partial charge in [0.05, 0.1) is 12.1 Å². The molecule has 0 aliphatic carbocycles. The van der Waals surface area contributed by atoms with E-state index in [0.717, 1.165) is 0 Å². The van der Waals surface area contributed by atoms with E-state index in [-0.39, 0.29) is 13.0 Å². The molecule has 2 rings (SSSR count). The number of nitrogens with zero attached hydrogens (tertiary/aromatic N) is 3. The summed E-state index contributed by atoms with van der Waals surface area (Å²) in [7, 11) is 0. The highest BCUT2D eigenvalue weighted by atomic mass is 19.4. The largest absolute Gasteiger partial charge is 0.417 e. The van der Waals surface area contributed by atoms with E-state index in [1.165, 1.54) is 17.3 Å². The zero-order valence-electron chi connectivity index (χ0n) is 10.5. The Kier molecular flexibility index (Phi) is 4.05. The van der Waals surface area contributed by atoms with Crippen LogP contribution in [0.5, 0.6) is 0 Å². The molecule has 0 radical (unpaired) electrons. The summed E-state index contributed by atoms with van der Waals surface area (Å²) in [5.74, 6) is -0.602. The molecule has 0 aliphatic rings. The number of nitrogens with one attached hydrogen (secondary N) is 2. The van der Waals surface area contributed by atoms with Crippen LogP contribution in [0.15, 0.2) is 29.7 Å². The van der Waals surface area contributed by atoms with E-state index in [1.54, 1.807) is 0 Å². The van der Waals surface area contributed by atoms with Gasteiger partial charge in [0.1, 0.15) is 18.3 Å². The van der Waals surface area contributed by atoms with Crippen molar-refractivity contribution in [3.8, 4) is 0 Å². The summed E-state index contributed by atoms with van der Waals surface area (Å²) in [6, 6.07) is 0.589. The van der Waals surface area contributed by atoms with Crippen LogP contribution in [0.2, 0.25) is 0 Å². The maximum absolute atomic E-state index is 12.5. The molecule has 2 aromatic rings. The Morgan fingerprint density at radius 3 is 2.81 bits per heavy atom.